The first-order valence-corrected chi connectivity index (χ1v) is 9.73. The number of benzene rings is 2. The molecule has 4 nitrogen and oxygen atoms in total. The van der Waals surface area contributed by atoms with E-state index < -0.39 is 21.6 Å². The number of nitrogens with one attached hydrogen (secondary N) is 1. The molecule has 0 radical (unpaired) electrons. The maximum Gasteiger partial charge on any atom is 0.237 e. The van der Waals surface area contributed by atoms with E-state index in [1.807, 2.05) is 18.4 Å². The fourth-order valence-electron chi connectivity index (χ4n) is 2.27. The highest BCUT2D eigenvalue weighted by molar-refractivity contribution is 7.91. The van der Waals surface area contributed by atoms with Gasteiger partial charge >= 0.3 is 0 Å². The predicted octanol–water partition coefficient (Wildman–Crippen LogP) is 4.20. The summed E-state index contributed by atoms with van der Waals surface area (Å²) in [6, 6.07) is 12.8. The van der Waals surface area contributed by atoms with Crippen LogP contribution in [0.1, 0.15) is 10.6 Å². The van der Waals surface area contributed by atoms with Gasteiger partial charge in [-0.1, -0.05) is 30.3 Å². The van der Waals surface area contributed by atoms with Crippen molar-refractivity contribution in [3.63, 3.8) is 0 Å². The number of rotatable bonds is 5. The van der Waals surface area contributed by atoms with E-state index in [9.17, 15) is 12.8 Å². The first-order chi connectivity index (χ1) is 11.4. The van der Waals surface area contributed by atoms with Crippen LogP contribution in [-0.2, 0) is 15.8 Å². The maximum absolute atomic E-state index is 13.6. The second-order valence-electron chi connectivity index (χ2n) is 5.29. The molecule has 0 aliphatic rings. The van der Waals surface area contributed by atoms with Crippen molar-refractivity contribution in [3.05, 3.63) is 70.3 Å². The average Bonchev–Trinajstić information content (AvgIpc) is 2.96. The van der Waals surface area contributed by atoms with Gasteiger partial charge in [-0.3, -0.25) is 4.72 Å². The summed E-state index contributed by atoms with van der Waals surface area (Å²) in [7, 11) is -3.71. The molecule has 7 heteroatoms. The molecule has 3 aromatic rings. The highest BCUT2D eigenvalue weighted by Crippen LogP contribution is 2.25. The zero-order valence-corrected chi connectivity index (χ0v) is 14.5. The van der Waals surface area contributed by atoms with Gasteiger partial charge in [0, 0.05) is 22.2 Å². The lowest BCUT2D eigenvalue weighted by molar-refractivity contribution is 0.591. The van der Waals surface area contributed by atoms with Gasteiger partial charge in [0.2, 0.25) is 10.0 Å². The van der Waals surface area contributed by atoms with E-state index in [1.54, 1.807) is 24.3 Å². The van der Waals surface area contributed by atoms with E-state index >= 15 is 0 Å². The molecule has 0 spiro atoms. The summed E-state index contributed by atoms with van der Waals surface area (Å²) < 4.78 is 40.7. The lowest BCUT2D eigenvalue weighted by Crippen LogP contribution is -2.15. The number of anilines is 1. The van der Waals surface area contributed by atoms with Crippen molar-refractivity contribution in [2.24, 2.45) is 0 Å². The fourth-order valence-corrected chi connectivity index (χ4v) is 4.10. The topological polar surface area (TPSA) is 59.1 Å². The number of hydrogen-bond donors (Lipinski definition) is 1. The smallest absolute Gasteiger partial charge is 0.237 e. The van der Waals surface area contributed by atoms with E-state index in [1.165, 1.54) is 29.5 Å². The zero-order valence-electron chi connectivity index (χ0n) is 12.9. The SMILES string of the molecule is Cc1nc(-c2cccc(NS(=O)(=O)Cc3ccccc3F)c2)cs1. The highest BCUT2D eigenvalue weighted by Gasteiger charge is 2.15. The molecule has 3 rings (SSSR count). The molecule has 24 heavy (non-hydrogen) atoms. The number of thiazole rings is 1. The second kappa shape index (κ2) is 6.70. The third kappa shape index (κ3) is 3.98. The van der Waals surface area contributed by atoms with Gasteiger partial charge in [-0.15, -0.1) is 11.3 Å². The van der Waals surface area contributed by atoms with Gasteiger partial charge in [0.1, 0.15) is 5.82 Å². The van der Waals surface area contributed by atoms with E-state index in [4.69, 9.17) is 0 Å². The van der Waals surface area contributed by atoms with Crippen molar-refractivity contribution in [1.82, 2.24) is 4.98 Å². The summed E-state index contributed by atoms with van der Waals surface area (Å²) in [5, 5.41) is 2.86. The van der Waals surface area contributed by atoms with Gasteiger partial charge in [0.05, 0.1) is 16.5 Å². The van der Waals surface area contributed by atoms with Crippen LogP contribution in [0.2, 0.25) is 0 Å². The Balaban J connectivity index is 1.81. The summed E-state index contributed by atoms with van der Waals surface area (Å²) in [6.07, 6.45) is 0. The highest BCUT2D eigenvalue weighted by atomic mass is 32.2. The summed E-state index contributed by atoms with van der Waals surface area (Å²) in [5.41, 5.74) is 2.18. The van der Waals surface area contributed by atoms with Gasteiger partial charge < -0.3 is 0 Å². The molecule has 2 aromatic carbocycles. The van der Waals surface area contributed by atoms with Crippen molar-refractivity contribution in [2.75, 3.05) is 4.72 Å². The lowest BCUT2D eigenvalue weighted by atomic mass is 10.1. The van der Waals surface area contributed by atoms with E-state index in [-0.39, 0.29) is 5.56 Å². The first kappa shape index (κ1) is 16.6. The fraction of sp³-hybridized carbons (Fsp3) is 0.118. The molecule has 1 heterocycles. The van der Waals surface area contributed by atoms with E-state index in [0.29, 0.717) is 5.69 Å². The van der Waals surface area contributed by atoms with Crippen molar-refractivity contribution >= 4 is 27.0 Å². The minimum absolute atomic E-state index is 0.135. The molecule has 1 aromatic heterocycles. The number of sulfonamides is 1. The minimum Gasteiger partial charge on any atom is -0.283 e. The third-order valence-corrected chi connectivity index (χ3v) is 5.37. The molecule has 0 atom stereocenters. The largest absolute Gasteiger partial charge is 0.283 e. The van der Waals surface area contributed by atoms with Crippen molar-refractivity contribution < 1.29 is 12.8 Å². The van der Waals surface area contributed by atoms with Gasteiger partial charge in [0.15, 0.2) is 0 Å². The summed E-state index contributed by atoms with van der Waals surface area (Å²) in [6.45, 7) is 1.91. The second-order valence-corrected chi connectivity index (χ2v) is 8.07. The van der Waals surface area contributed by atoms with Crippen LogP contribution in [0.4, 0.5) is 10.1 Å². The van der Waals surface area contributed by atoms with Gasteiger partial charge in [0.25, 0.3) is 0 Å². The molecule has 0 saturated heterocycles. The first-order valence-electron chi connectivity index (χ1n) is 7.19. The average molecular weight is 362 g/mol. The number of halogens is 1. The Hall–Kier alpha value is -2.25. The van der Waals surface area contributed by atoms with Crippen LogP contribution < -0.4 is 4.72 Å². The molecule has 0 unspecified atom stereocenters. The van der Waals surface area contributed by atoms with E-state index in [2.05, 4.69) is 9.71 Å². The summed E-state index contributed by atoms with van der Waals surface area (Å²) in [4.78, 5) is 4.39. The number of aryl methyl sites for hydroxylation is 1. The molecule has 1 N–H and O–H groups in total. The van der Waals surface area contributed by atoms with Crippen LogP contribution in [0.5, 0.6) is 0 Å². The Labute approximate surface area is 144 Å². The van der Waals surface area contributed by atoms with Crippen LogP contribution in [0, 0.1) is 12.7 Å². The van der Waals surface area contributed by atoms with Crippen LogP contribution >= 0.6 is 11.3 Å². The van der Waals surface area contributed by atoms with Crippen molar-refractivity contribution in [1.29, 1.82) is 0 Å². The van der Waals surface area contributed by atoms with Gasteiger partial charge in [-0.25, -0.2) is 17.8 Å². The van der Waals surface area contributed by atoms with E-state index in [0.717, 1.165) is 16.3 Å². The number of hydrogen-bond acceptors (Lipinski definition) is 4. The molecular weight excluding hydrogens is 347 g/mol. The molecule has 0 fully saturated rings. The number of aromatic nitrogens is 1. The third-order valence-electron chi connectivity index (χ3n) is 3.35. The minimum atomic E-state index is -3.71. The van der Waals surface area contributed by atoms with Crippen molar-refractivity contribution in [2.45, 2.75) is 12.7 Å². The Morgan fingerprint density at radius 3 is 2.67 bits per heavy atom. The Bertz CT molecular complexity index is 968. The van der Waals surface area contributed by atoms with Crippen LogP contribution in [0.15, 0.2) is 53.9 Å². The molecule has 0 aliphatic heterocycles. The Morgan fingerprint density at radius 2 is 1.96 bits per heavy atom. The maximum atomic E-state index is 13.6. The molecule has 0 saturated carbocycles. The Kier molecular flexibility index (Phi) is 4.64. The Morgan fingerprint density at radius 1 is 1.17 bits per heavy atom. The van der Waals surface area contributed by atoms with Crippen LogP contribution in [0.3, 0.4) is 0 Å². The summed E-state index contributed by atoms with van der Waals surface area (Å²) >= 11 is 1.53. The van der Waals surface area contributed by atoms with Gasteiger partial charge in [-0.2, -0.15) is 0 Å². The van der Waals surface area contributed by atoms with Gasteiger partial charge in [-0.05, 0) is 25.1 Å². The molecule has 124 valence electrons. The standard InChI is InChI=1S/C17H15FN2O2S2/c1-12-19-17(10-23-12)13-6-4-7-15(9-13)20-24(21,22)11-14-5-2-3-8-16(14)18/h2-10,20H,11H2,1H3. The molecule has 0 amide bonds. The van der Waals surface area contributed by atoms with Crippen LogP contribution in [0.25, 0.3) is 11.3 Å². The predicted molar refractivity (Wildman–Crippen MR) is 94.9 cm³/mol. The zero-order chi connectivity index (χ0) is 17.2. The van der Waals surface area contributed by atoms with Crippen LogP contribution in [-0.4, -0.2) is 13.4 Å². The molecule has 0 aliphatic carbocycles. The molecule has 0 bridgehead atoms. The summed E-state index contributed by atoms with van der Waals surface area (Å²) in [5.74, 6) is -0.950. The normalized spacial score (nSPS) is 11.4. The quantitative estimate of drug-likeness (QED) is 0.740. The lowest BCUT2D eigenvalue weighted by Gasteiger charge is -2.09. The monoisotopic (exact) mass is 362 g/mol. The number of nitrogens with zero attached hydrogens (tertiary/aromatic N) is 1. The van der Waals surface area contributed by atoms with Crippen molar-refractivity contribution in [3.8, 4) is 11.3 Å². The molecular formula is C17H15FN2O2S2.